The first-order chi connectivity index (χ1) is 22.4. The molecule has 2 fully saturated rings. The van der Waals surface area contributed by atoms with Gasteiger partial charge in [0.25, 0.3) is 0 Å². The number of unbranched alkanes of at least 4 members (excludes halogenated alkanes) is 3. The third kappa shape index (κ3) is 14.7. The number of Topliss-reactive ketones (excluding diaryl/α,β-unsaturated/α-hetero) is 1. The first kappa shape index (κ1) is 39.7. The maximum atomic E-state index is 11.3. The number of aryl methyl sites for hydroxylation is 1. The fourth-order valence-electron chi connectivity index (χ4n) is 5.07. The number of nitrogens with zero attached hydrogens (tertiary/aromatic N) is 4. The molecule has 2 aliphatic rings. The summed E-state index contributed by atoms with van der Waals surface area (Å²) in [6.07, 6.45) is 27.5. The summed E-state index contributed by atoms with van der Waals surface area (Å²) in [4.78, 5) is 39.1. The number of ketones is 1. The van der Waals surface area contributed by atoms with Crippen LogP contribution in [0.4, 0.5) is 5.82 Å². The lowest BCUT2D eigenvalue weighted by Crippen LogP contribution is -2.30. The largest absolute Gasteiger partial charge is 0.405 e. The number of aromatic nitrogens is 3. The Labute approximate surface area is 276 Å². The molecule has 0 unspecified atom stereocenters. The van der Waals surface area contributed by atoms with Crippen LogP contribution in [0.15, 0.2) is 53.8 Å². The lowest BCUT2D eigenvalue weighted by atomic mass is 9.94. The number of nitrogens with one attached hydrogen (secondary N) is 1. The van der Waals surface area contributed by atoms with Crippen molar-refractivity contribution in [2.24, 2.45) is 21.9 Å². The second-order valence-electron chi connectivity index (χ2n) is 11.2. The number of hydrogen-bond donors (Lipinski definition) is 3. The van der Waals surface area contributed by atoms with Crippen molar-refractivity contribution in [2.45, 2.75) is 91.4 Å². The van der Waals surface area contributed by atoms with Crippen molar-refractivity contribution in [1.29, 1.82) is 0 Å². The van der Waals surface area contributed by atoms with E-state index < -0.39 is 0 Å². The Hall–Kier alpha value is -4.29. The number of amides is 1. The standard InChI is InChI=1S/C24H29N5O.C8H15N.C2H6.C2H2.CH3NO/c1-2-20(30)8-5-3-4-6-9-23-27-17-22(29-23)19-10-12-21-18(16-19)11-13-24(28-21)26-15-7-14-25;1-9-6-4-8(2-3-8)5-7-9;2*1-2;2-1-3/h7,10-17H,2-6,8-9,25H2,1H3,(H,27,29);2-7H2,1H3;1-2H3;1-2H;1H,(H2,2,3)/b14-7-,26-15?;;;;. The molecule has 5 rings (SSSR count). The Morgan fingerprint density at radius 2 is 1.72 bits per heavy atom. The Morgan fingerprint density at radius 3 is 2.35 bits per heavy atom. The second kappa shape index (κ2) is 23.1. The molecule has 9 heteroatoms. The number of likely N-dealkylation sites (tertiary alicyclic amines) is 1. The molecule has 250 valence electrons. The molecule has 1 amide bonds. The number of benzene rings is 1. The molecule has 1 aliphatic heterocycles. The van der Waals surface area contributed by atoms with E-state index in [-0.39, 0.29) is 6.41 Å². The van der Waals surface area contributed by atoms with Gasteiger partial charge in [-0.2, -0.15) is 0 Å². The van der Waals surface area contributed by atoms with Crippen LogP contribution < -0.4 is 11.5 Å². The molecule has 1 spiro atoms. The van der Waals surface area contributed by atoms with Gasteiger partial charge in [-0.1, -0.05) is 39.7 Å². The molecular weight excluding hydrogens is 574 g/mol. The zero-order chi connectivity index (χ0) is 34.2. The molecule has 46 heavy (non-hydrogen) atoms. The van der Waals surface area contributed by atoms with Crippen LogP contribution in [0.1, 0.15) is 90.8 Å². The van der Waals surface area contributed by atoms with E-state index in [1.54, 1.807) is 12.3 Å². The molecule has 1 saturated carbocycles. The zero-order valence-electron chi connectivity index (χ0n) is 28.4. The predicted molar refractivity (Wildman–Crippen MR) is 193 cm³/mol. The Morgan fingerprint density at radius 1 is 1.04 bits per heavy atom. The van der Waals surface area contributed by atoms with Gasteiger partial charge in [0, 0.05) is 36.4 Å². The highest BCUT2D eigenvalue weighted by Crippen LogP contribution is 2.53. The normalized spacial score (nSPS) is 14.6. The van der Waals surface area contributed by atoms with Gasteiger partial charge in [0.2, 0.25) is 6.41 Å². The number of aromatic amines is 1. The van der Waals surface area contributed by atoms with Crippen molar-refractivity contribution in [2.75, 3.05) is 20.1 Å². The van der Waals surface area contributed by atoms with Crippen LogP contribution in [-0.2, 0) is 16.0 Å². The summed E-state index contributed by atoms with van der Waals surface area (Å²) in [6.45, 7) is 8.62. The molecule has 2 aromatic heterocycles. The minimum Gasteiger partial charge on any atom is -0.405 e. The Kier molecular flexibility index (Phi) is 20.0. The number of carbonyl (C=O) groups excluding carboxylic acids is 2. The van der Waals surface area contributed by atoms with Gasteiger partial charge in [0.05, 0.1) is 17.4 Å². The molecule has 1 saturated heterocycles. The summed E-state index contributed by atoms with van der Waals surface area (Å²) in [6, 6.07) is 10.1. The average molecular weight is 630 g/mol. The summed E-state index contributed by atoms with van der Waals surface area (Å²) in [7, 11) is 2.23. The van der Waals surface area contributed by atoms with Gasteiger partial charge in [0.15, 0.2) is 5.82 Å². The summed E-state index contributed by atoms with van der Waals surface area (Å²) >= 11 is 0. The number of rotatable bonds is 11. The molecule has 5 N–H and O–H groups in total. The van der Waals surface area contributed by atoms with E-state index in [0.717, 1.165) is 71.9 Å². The fourth-order valence-corrected chi connectivity index (χ4v) is 5.07. The molecule has 3 heterocycles. The number of H-pyrrole nitrogens is 1. The molecule has 0 bridgehead atoms. The third-order valence-electron chi connectivity index (χ3n) is 8.04. The number of piperidine rings is 1. The van der Waals surface area contributed by atoms with Gasteiger partial charge in [0.1, 0.15) is 11.6 Å². The van der Waals surface area contributed by atoms with Crippen LogP contribution in [-0.4, -0.2) is 58.4 Å². The van der Waals surface area contributed by atoms with E-state index >= 15 is 0 Å². The molecule has 3 aromatic rings. The number of hydrogen-bond acceptors (Lipinski definition) is 7. The monoisotopic (exact) mass is 629 g/mol. The highest BCUT2D eigenvalue weighted by Gasteiger charge is 2.43. The maximum Gasteiger partial charge on any atom is 0.204 e. The summed E-state index contributed by atoms with van der Waals surface area (Å²) in [5.74, 6) is 2.02. The first-order valence-corrected chi connectivity index (χ1v) is 16.5. The number of aliphatic imine (C=N–C) groups is 1. The number of carbonyl (C=O) groups is 2. The van der Waals surface area contributed by atoms with E-state index in [9.17, 15) is 4.79 Å². The molecule has 1 aromatic carbocycles. The minimum absolute atomic E-state index is 0.250. The van der Waals surface area contributed by atoms with Crippen LogP contribution in [0, 0.1) is 18.3 Å². The number of terminal acetylenes is 1. The number of pyridine rings is 1. The molecule has 9 nitrogen and oxygen atoms in total. The fraction of sp³-hybridized carbons (Fsp3) is 0.486. The second-order valence-corrected chi connectivity index (χ2v) is 11.2. The topological polar surface area (TPSA) is 143 Å². The summed E-state index contributed by atoms with van der Waals surface area (Å²) in [5.41, 5.74) is 13.3. The lowest BCUT2D eigenvalue weighted by Gasteiger charge is -2.28. The number of allylic oxidation sites excluding steroid dienone is 1. The lowest BCUT2D eigenvalue weighted by molar-refractivity contribution is -0.118. The first-order valence-electron chi connectivity index (χ1n) is 16.5. The van der Waals surface area contributed by atoms with Gasteiger partial charge in [-0.25, -0.2) is 15.0 Å². The number of primary amides is 1. The van der Waals surface area contributed by atoms with E-state index in [1.807, 2.05) is 51.2 Å². The molecule has 0 radical (unpaired) electrons. The van der Waals surface area contributed by atoms with Crippen molar-refractivity contribution in [3.8, 4) is 24.1 Å². The van der Waals surface area contributed by atoms with Gasteiger partial charge < -0.3 is 21.4 Å². The molecule has 1 aliphatic carbocycles. The number of imidazole rings is 1. The highest BCUT2D eigenvalue weighted by atomic mass is 16.1. The summed E-state index contributed by atoms with van der Waals surface area (Å²) < 4.78 is 0. The number of nitrogens with two attached hydrogens (primary N) is 2. The van der Waals surface area contributed by atoms with Crippen molar-refractivity contribution in [1.82, 2.24) is 19.9 Å². The van der Waals surface area contributed by atoms with Crippen LogP contribution in [0.25, 0.3) is 22.2 Å². The van der Waals surface area contributed by atoms with E-state index in [1.165, 1.54) is 45.0 Å². The van der Waals surface area contributed by atoms with Crippen LogP contribution >= 0.6 is 0 Å². The van der Waals surface area contributed by atoms with Gasteiger partial charge in [-0.3, -0.25) is 9.59 Å². The summed E-state index contributed by atoms with van der Waals surface area (Å²) in [5, 5.41) is 1.05. The smallest absolute Gasteiger partial charge is 0.204 e. The maximum absolute atomic E-state index is 11.3. The highest BCUT2D eigenvalue weighted by molar-refractivity contribution is 5.85. The third-order valence-corrected chi connectivity index (χ3v) is 8.04. The SMILES string of the molecule is C#C.CC.CCC(=O)CCCCCCc1ncc(-c2ccc3nc(N=C/C=C\N)ccc3c2)[nH]1.CN1CCC2(CC1)CC2.NC=O. The van der Waals surface area contributed by atoms with Crippen molar-refractivity contribution in [3.63, 3.8) is 0 Å². The van der Waals surface area contributed by atoms with Gasteiger partial charge in [-0.15, -0.1) is 12.8 Å². The van der Waals surface area contributed by atoms with Crippen molar-refractivity contribution in [3.05, 3.63) is 54.6 Å². The Balaban J connectivity index is 0.000000543. The minimum atomic E-state index is 0.250. The van der Waals surface area contributed by atoms with Gasteiger partial charge >= 0.3 is 0 Å². The van der Waals surface area contributed by atoms with Gasteiger partial charge in [-0.05, 0) is 101 Å². The zero-order valence-corrected chi connectivity index (χ0v) is 28.4. The number of fused-ring (bicyclic) bond motifs is 1. The molecule has 0 atom stereocenters. The van der Waals surface area contributed by atoms with Crippen LogP contribution in [0.3, 0.4) is 0 Å². The van der Waals surface area contributed by atoms with E-state index in [4.69, 9.17) is 10.5 Å². The predicted octanol–water partition coefficient (Wildman–Crippen LogP) is 7.14. The van der Waals surface area contributed by atoms with E-state index in [0.29, 0.717) is 18.0 Å². The van der Waals surface area contributed by atoms with Crippen molar-refractivity contribution < 1.29 is 9.59 Å². The van der Waals surface area contributed by atoms with Crippen LogP contribution in [0.2, 0.25) is 0 Å². The molecular formula is C37H55N7O2. The average Bonchev–Trinajstić information content (AvgIpc) is 3.69. The van der Waals surface area contributed by atoms with E-state index in [2.05, 4.69) is 56.5 Å². The van der Waals surface area contributed by atoms with Crippen LogP contribution in [0.5, 0.6) is 0 Å². The van der Waals surface area contributed by atoms with Crippen molar-refractivity contribution >= 4 is 35.1 Å². The Bertz CT molecular complexity index is 1360. The quantitative estimate of drug-likeness (QED) is 0.0890.